The van der Waals surface area contributed by atoms with E-state index in [0.29, 0.717) is 19.3 Å². The maximum absolute atomic E-state index is 12.0. The minimum atomic E-state index is -5.26. The number of aryl methyl sites for hydroxylation is 4. The predicted octanol–water partition coefficient (Wildman–Crippen LogP) is 3.61. The number of halogens is 3. The zero-order valence-corrected chi connectivity index (χ0v) is 18.0. The van der Waals surface area contributed by atoms with Crippen LogP contribution in [-0.2, 0) is 29.5 Å². The fourth-order valence-corrected chi connectivity index (χ4v) is 3.50. The van der Waals surface area contributed by atoms with Gasteiger partial charge in [0, 0.05) is 31.6 Å². The van der Waals surface area contributed by atoms with Crippen molar-refractivity contribution in [3.8, 4) is 0 Å². The van der Waals surface area contributed by atoms with Gasteiger partial charge in [-0.3, -0.25) is 0 Å². The second-order valence-electron chi connectivity index (χ2n) is 6.64. The minimum Gasteiger partial charge on any atom is -0.326 e. The van der Waals surface area contributed by atoms with Crippen molar-refractivity contribution in [1.82, 2.24) is 4.72 Å². The Labute approximate surface area is 166 Å². The quantitative estimate of drug-likeness (QED) is 0.634. The average molecular weight is 482 g/mol. The van der Waals surface area contributed by atoms with Crippen LogP contribution in [0, 0.1) is 27.7 Å². The van der Waals surface area contributed by atoms with Crippen LogP contribution in [-0.4, -0.2) is 26.0 Å². The molecule has 2 rings (SSSR count). The number of hydrogen-bond acceptors (Lipinski definition) is 3. The van der Waals surface area contributed by atoms with Crippen LogP contribution >= 0.6 is 0 Å². The first-order valence-electron chi connectivity index (χ1n) is 8.24. The van der Waals surface area contributed by atoms with E-state index in [9.17, 15) is 21.6 Å². The van der Waals surface area contributed by atoms with Crippen LogP contribution in [0.2, 0.25) is 0 Å². The molecule has 1 aromatic rings. The summed E-state index contributed by atoms with van der Waals surface area (Å²) in [6, 6.07) is 3.15. The zero-order chi connectivity index (χ0) is 19.4. The van der Waals surface area contributed by atoms with E-state index in [-0.39, 0.29) is 19.5 Å². The smallest absolute Gasteiger partial charge is 0.326 e. The molecule has 1 aromatic carbocycles. The van der Waals surface area contributed by atoms with Crippen LogP contribution < -0.4 is 10.5 Å². The summed E-state index contributed by atoms with van der Waals surface area (Å²) in [6.07, 6.45) is 2.42. The molecule has 0 radical (unpaired) electrons. The molecule has 9 heteroatoms. The van der Waals surface area contributed by atoms with Crippen molar-refractivity contribution in [2.75, 3.05) is 0 Å². The van der Waals surface area contributed by atoms with Gasteiger partial charge in [-0.15, -0.1) is 0 Å². The molecule has 0 aromatic heterocycles. The largest absolute Gasteiger partial charge is 0.511 e. The summed E-state index contributed by atoms with van der Waals surface area (Å²) >= 11 is 0. The first-order valence-corrected chi connectivity index (χ1v) is 9.72. The molecule has 1 aliphatic carbocycles. The van der Waals surface area contributed by atoms with E-state index in [1.165, 1.54) is 22.3 Å². The van der Waals surface area contributed by atoms with Gasteiger partial charge in [-0.05, 0) is 62.8 Å². The molecule has 1 saturated carbocycles. The number of nitrogens with one attached hydrogen (secondary N) is 1. The topological polar surface area (TPSA) is 72.2 Å². The van der Waals surface area contributed by atoms with E-state index in [1.807, 2.05) is 0 Å². The molecule has 26 heavy (non-hydrogen) atoms. The molecule has 0 bridgehead atoms. The van der Waals surface area contributed by atoms with Gasteiger partial charge in [0.1, 0.15) is 0 Å². The van der Waals surface area contributed by atoms with Gasteiger partial charge in [0.2, 0.25) is 0 Å². The number of alkyl halides is 3. The average Bonchev–Trinajstić information content (AvgIpc) is 2.47. The second-order valence-corrected chi connectivity index (χ2v) is 8.35. The van der Waals surface area contributed by atoms with Crippen LogP contribution in [0.1, 0.15) is 47.9 Å². The molecular formula is C17H27F3N2O2RuS. The molecule has 0 heterocycles. The van der Waals surface area contributed by atoms with Crippen LogP contribution in [0.25, 0.3) is 0 Å². The summed E-state index contributed by atoms with van der Waals surface area (Å²) in [6.45, 7) is 8.62. The van der Waals surface area contributed by atoms with Crippen LogP contribution in [0.3, 0.4) is 0 Å². The number of rotatable bonds is 2. The van der Waals surface area contributed by atoms with Gasteiger partial charge >= 0.3 is 15.5 Å². The Morgan fingerprint density at radius 1 is 0.962 bits per heavy atom. The van der Waals surface area contributed by atoms with Crippen molar-refractivity contribution in [3.05, 3.63) is 34.4 Å². The number of benzene rings is 1. The van der Waals surface area contributed by atoms with E-state index < -0.39 is 27.6 Å². The molecule has 0 amide bonds. The first-order chi connectivity index (χ1) is 11.3. The van der Waals surface area contributed by atoms with Crippen molar-refractivity contribution in [3.63, 3.8) is 0 Å². The third-order valence-corrected chi connectivity index (χ3v) is 5.76. The molecule has 0 aliphatic heterocycles. The molecule has 4 nitrogen and oxygen atoms in total. The minimum absolute atomic E-state index is 0. The molecule has 152 valence electrons. The maximum Gasteiger partial charge on any atom is 0.511 e. The molecule has 0 spiro atoms. The van der Waals surface area contributed by atoms with Gasteiger partial charge in [-0.2, -0.15) is 13.2 Å². The summed E-state index contributed by atoms with van der Waals surface area (Å²) in [7, 11) is -5.26. The fourth-order valence-electron chi connectivity index (χ4n) is 2.68. The maximum atomic E-state index is 12.0. The summed E-state index contributed by atoms with van der Waals surface area (Å²) in [5, 5.41) is 0. The number of hydrogen-bond donors (Lipinski definition) is 2. The SMILES string of the molecule is Cc1cc(C)c(C)cc1C.N[C@H]1CCCC[C@@H]1NS(=O)(=O)C(F)(F)F.[Ru]. The summed E-state index contributed by atoms with van der Waals surface area (Å²) in [5.74, 6) is 0. The van der Waals surface area contributed by atoms with Gasteiger partial charge in [0.25, 0.3) is 0 Å². The third kappa shape index (κ3) is 7.26. The second kappa shape index (κ2) is 10.2. The molecule has 1 fully saturated rings. The van der Waals surface area contributed by atoms with Crippen molar-refractivity contribution < 1.29 is 41.1 Å². The number of sulfonamides is 1. The van der Waals surface area contributed by atoms with Gasteiger partial charge in [-0.1, -0.05) is 25.0 Å². The predicted molar refractivity (Wildman–Crippen MR) is 93.7 cm³/mol. The van der Waals surface area contributed by atoms with Crippen LogP contribution in [0.15, 0.2) is 12.1 Å². The summed E-state index contributed by atoms with van der Waals surface area (Å²) in [4.78, 5) is 0. The Bertz CT molecular complexity index is 644. The third-order valence-electron chi connectivity index (χ3n) is 4.54. The van der Waals surface area contributed by atoms with E-state index in [2.05, 4.69) is 39.8 Å². The van der Waals surface area contributed by atoms with Gasteiger partial charge in [-0.25, -0.2) is 13.1 Å². The first kappa shape index (κ1) is 25.5. The van der Waals surface area contributed by atoms with Crippen molar-refractivity contribution in [1.29, 1.82) is 0 Å². The Balaban J connectivity index is 0.000000497. The zero-order valence-electron chi connectivity index (χ0n) is 15.4. The fraction of sp³-hybridized carbons (Fsp3) is 0.647. The molecule has 3 N–H and O–H groups in total. The Kier molecular flexibility index (Phi) is 9.96. The monoisotopic (exact) mass is 482 g/mol. The van der Waals surface area contributed by atoms with Crippen LogP contribution in [0.5, 0.6) is 0 Å². The van der Waals surface area contributed by atoms with Crippen molar-refractivity contribution >= 4 is 10.0 Å². The van der Waals surface area contributed by atoms with Gasteiger partial charge in [0.05, 0.1) is 0 Å². The standard InChI is InChI=1S/C10H14.C7H13F3N2O2S.Ru/c1-7-5-9(3)10(4)6-8(7)2;8-7(9,10)15(13,14)12-6-4-2-1-3-5(6)11;/h5-6H,1-4H3;5-6,12H,1-4,11H2;/t;5-,6-;/m.0./s1. The number of nitrogens with two attached hydrogens (primary N) is 1. The molecular weight excluding hydrogens is 454 g/mol. The van der Waals surface area contributed by atoms with E-state index in [0.717, 1.165) is 6.42 Å². The summed E-state index contributed by atoms with van der Waals surface area (Å²) < 4.78 is 59.2. The van der Waals surface area contributed by atoms with Gasteiger partial charge < -0.3 is 5.73 Å². The molecule has 2 atom stereocenters. The van der Waals surface area contributed by atoms with E-state index >= 15 is 0 Å². The normalized spacial score (nSPS) is 20.6. The van der Waals surface area contributed by atoms with E-state index in [4.69, 9.17) is 5.73 Å². The van der Waals surface area contributed by atoms with Gasteiger partial charge in [0.15, 0.2) is 0 Å². The molecule has 0 unspecified atom stereocenters. The Hall–Kier alpha value is -0.497. The van der Waals surface area contributed by atoms with E-state index in [1.54, 1.807) is 4.72 Å². The molecule has 0 saturated heterocycles. The van der Waals surface area contributed by atoms with Crippen molar-refractivity contribution in [2.24, 2.45) is 5.73 Å². The molecule has 1 aliphatic rings. The van der Waals surface area contributed by atoms with Crippen LogP contribution in [0.4, 0.5) is 13.2 Å². The Morgan fingerprint density at radius 2 is 1.35 bits per heavy atom. The summed E-state index contributed by atoms with van der Waals surface area (Å²) in [5.41, 5.74) is 5.84. The Morgan fingerprint density at radius 3 is 1.69 bits per heavy atom. The van der Waals surface area contributed by atoms with Crippen molar-refractivity contribution in [2.45, 2.75) is 71.0 Å².